The molecular formula is C23H28N2O5. The van der Waals surface area contributed by atoms with Gasteiger partial charge in [-0.25, -0.2) is 0 Å². The summed E-state index contributed by atoms with van der Waals surface area (Å²) in [5.74, 6) is 1.55. The second-order valence-corrected chi connectivity index (χ2v) is 7.24. The van der Waals surface area contributed by atoms with E-state index in [0.29, 0.717) is 29.4 Å². The van der Waals surface area contributed by atoms with E-state index in [0.717, 1.165) is 24.8 Å². The molecule has 0 aromatic heterocycles. The van der Waals surface area contributed by atoms with Gasteiger partial charge in [-0.15, -0.1) is 0 Å². The summed E-state index contributed by atoms with van der Waals surface area (Å²) < 4.78 is 15.7. The molecule has 7 heteroatoms. The maximum atomic E-state index is 12.8. The first-order valence-corrected chi connectivity index (χ1v) is 9.99. The Morgan fingerprint density at radius 3 is 2.30 bits per heavy atom. The third kappa shape index (κ3) is 5.03. The van der Waals surface area contributed by atoms with Gasteiger partial charge in [0, 0.05) is 29.8 Å². The minimum Gasteiger partial charge on any atom is -0.497 e. The van der Waals surface area contributed by atoms with Crippen molar-refractivity contribution in [1.29, 1.82) is 0 Å². The summed E-state index contributed by atoms with van der Waals surface area (Å²) in [6.45, 7) is 0.349. The van der Waals surface area contributed by atoms with Crippen molar-refractivity contribution in [2.24, 2.45) is 5.92 Å². The lowest BCUT2D eigenvalue weighted by molar-refractivity contribution is -0.125. The van der Waals surface area contributed by atoms with Gasteiger partial charge in [0.15, 0.2) is 0 Å². The average Bonchev–Trinajstić information content (AvgIpc) is 3.25. The van der Waals surface area contributed by atoms with Gasteiger partial charge in [-0.2, -0.15) is 0 Å². The number of carbonyl (C=O) groups excluding carboxylic acids is 2. The van der Waals surface area contributed by atoms with Crippen LogP contribution in [0.3, 0.4) is 0 Å². The fourth-order valence-electron chi connectivity index (χ4n) is 3.75. The molecule has 2 aromatic rings. The maximum Gasteiger partial charge on any atom is 0.251 e. The van der Waals surface area contributed by atoms with Crippen molar-refractivity contribution in [1.82, 2.24) is 10.6 Å². The molecule has 1 fully saturated rings. The summed E-state index contributed by atoms with van der Waals surface area (Å²) in [6.07, 6.45) is 2.43. The van der Waals surface area contributed by atoms with Crippen LogP contribution in [0.4, 0.5) is 0 Å². The molecule has 2 aromatic carbocycles. The highest BCUT2D eigenvalue weighted by Crippen LogP contribution is 2.28. The molecule has 0 aliphatic heterocycles. The van der Waals surface area contributed by atoms with E-state index in [2.05, 4.69) is 10.6 Å². The van der Waals surface area contributed by atoms with Gasteiger partial charge in [-0.1, -0.05) is 6.42 Å². The van der Waals surface area contributed by atoms with Crippen LogP contribution in [0.25, 0.3) is 0 Å². The quantitative estimate of drug-likeness (QED) is 0.696. The monoisotopic (exact) mass is 412 g/mol. The maximum absolute atomic E-state index is 12.8. The van der Waals surface area contributed by atoms with Gasteiger partial charge in [0.05, 0.1) is 27.2 Å². The largest absolute Gasteiger partial charge is 0.497 e. The van der Waals surface area contributed by atoms with Crippen LogP contribution < -0.4 is 24.8 Å². The number of rotatable bonds is 8. The Balaban J connectivity index is 1.59. The fraction of sp³-hybridized carbons (Fsp3) is 0.391. The predicted octanol–water partition coefficient (Wildman–Crippen LogP) is 2.93. The van der Waals surface area contributed by atoms with Crippen molar-refractivity contribution in [3.63, 3.8) is 0 Å². The number of benzene rings is 2. The molecule has 0 radical (unpaired) electrons. The molecule has 1 saturated carbocycles. The van der Waals surface area contributed by atoms with E-state index >= 15 is 0 Å². The molecule has 0 unspecified atom stereocenters. The highest BCUT2D eigenvalue weighted by molar-refractivity contribution is 5.95. The average molecular weight is 412 g/mol. The highest BCUT2D eigenvalue weighted by Gasteiger charge is 2.34. The molecule has 7 nitrogen and oxygen atoms in total. The van der Waals surface area contributed by atoms with Crippen LogP contribution in [0.15, 0.2) is 42.5 Å². The van der Waals surface area contributed by atoms with Crippen LogP contribution in [-0.4, -0.2) is 39.2 Å². The molecule has 2 amide bonds. The van der Waals surface area contributed by atoms with Crippen LogP contribution in [-0.2, 0) is 11.3 Å². The van der Waals surface area contributed by atoms with Crippen LogP contribution in [0.5, 0.6) is 17.2 Å². The molecule has 1 aliphatic carbocycles. The van der Waals surface area contributed by atoms with Crippen LogP contribution in [0.2, 0.25) is 0 Å². The normalized spacial score (nSPS) is 17.8. The Morgan fingerprint density at radius 2 is 1.63 bits per heavy atom. The zero-order valence-corrected chi connectivity index (χ0v) is 17.6. The lowest BCUT2D eigenvalue weighted by Gasteiger charge is -2.21. The first kappa shape index (κ1) is 21.5. The van der Waals surface area contributed by atoms with Gasteiger partial charge in [-0.3, -0.25) is 9.59 Å². The van der Waals surface area contributed by atoms with E-state index in [1.54, 1.807) is 51.7 Å². The lowest BCUT2D eigenvalue weighted by Crippen LogP contribution is -2.43. The van der Waals surface area contributed by atoms with Gasteiger partial charge in [0.1, 0.15) is 17.2 Å². The Labute approximate surface area is 176 Å². The number of hydrogen-bond donors (Lipinski definition) is 2. The van der Waals surface area contributed by atoms with E-state index in [1.165, 1.54) is 0 Å². The zero-order valence-electron chi connectivity index (χ0n) is 17.6. The van der Waals surface area contributed by atoms with Gasteiger partial charge in [0.25, 0.3) is 5.91 Å². The molecule has 1 aliphatic rings. The van der Waals surface area contributed by atoms with E-state index in [4.69, 9.17) is 14.2 Å². The summed E-state index contributed by atoms with van der Waals surface area (Å²) in [6, 6.07) is 12.2. The SMILES string of the molecule is COc1ccc(C(=O)N[C@@H]2CCC[C@@H]2C(=O)NCc2ccc(OC)cc2OC)cc1. The van der Waals surface area contributed by atoms with Crippen molar-refractivity contribution in [3.05, 3.63) is 53.6 Å². The van der Waals surface area contributed by atoms with Gasteiger partial charge in [-0.05, 0) is 49.2 Å². The zero-order chi connectivity index (χ0) is 21.5. The molecule has 160 valence electrons. The first-order valence-electron chi connectivity index (χ1n) is 9.99. The molecule has 0 heterocycles. The topological polar surface area (TPSA) is 85.9 Å². The van der Waals surface area contributed by atoms with E-state index in [-0.39, 0.29) is 23.8 Å². The van der Waals surface area contributed by atoms with Gasteiger partial charge in [0.2, 0.25) is 5.91 Å². The fourth-order valence-corrected chi connectivity index (χ4v) is 3.75. The number of nitrogens with one attached hydrogen (secondary N) is 2. The molecule has 0 saturated heterocycles. The minimum absolute atomic E-state index is 0.0644. The number of ether oxygens (including phenoxy) is 3. The second-order valence-electron chi connectivity index (χ2n) is 7.24. The van der Waals surface area contributed by atoms with Crippen molar-refractivity contribution in [2.45, 2.75) is 31.8 Å². The van der Waals surface area contributed by atoms with Crippen LogP contribution in [0.1, 0.15) is 35.2 Å². The summed E-state index contributed by atoms with van der Waals surface area (Å²) in [4.78, 5) is 25.4. The number of amides is 2. The number of hydrogen-bond acceptors (Lipinski definition) is 5. The smallest absolute Gasteiger partial charge is 0.251 e. The lowest BCUT2D eigenvalue weighted by atomic mass is 10.0. The van der Waals surface area contributed by atoms with E-state index in [9.17, 15) is 9.59 Å². The first-order chi connectivity index (χ1) is 14.5. The Hall–Kier alpha value is -3.22. The Bertz CT molecular complexity index is 882. The van der Waals surface area contributed by atoms with Gasteiger partial charge < -0.3 is 24.8 Å². The molecule has 0 bridgehead atoms. The molecule has 30 heavy (non-hydrogen) atoms. The number of methoxy groups -OCH3 is 3. The summed E-state index contributed by atoms with van der Waals surface area (Å²) >= 11 is 0. The predicted molar refractivity (Wildman–Crippen MR) is 113 cm³/mol. The minimum atomic E-state index is -0.253. The third-order valence-corrected chi connectivity index (χ3v) is 5.47. The molecular weight excluding hydrogens is 384 g/mol. The van der Waals surface area contributed by atoms with E-state index in [1.807, 2.05) is 12.1 Å². The Morgan fingerprint density at radius 1 is 0.933 bits per heavy atom. The summed E-state index contributed by atoms with van der Waals surface area (Å²) in [5.41, 5.74) is 1.41. The molecule has 2 atom stereocenters. The molecule has 2 N–H and O–H groups in total. The standard InChI is InChI=1S/C23H28N2O5/c1-28-17-10-7-15(8-11-17)22(26)25-20-6-4-5-19(20)23(27)24-14-16-9-12-18(29-2)13-21(16)30-3/h7-13,19-20H,4-6,14H2,1-3H3,(H,24,27)(H,25,26)/t19-,20+/m0/s1. The molecule has 0 spiro atoms. The van der Waals surface area contributed by atoms with Crippen LogP contribution >= 0.6 is 0 Å². The van der Waals surface area contributed by atoms with Crippen molar-refractivity contribution in [3.8, 4) is 17.2 Å². The third-order valence-electron chi connectivity index (χ3n) is 5.47. The van der Waals surface area contributed by atoms with Crippen molar-refractivity contribution in [2.75, 3.05) is 21.3 Å². The second kappa shape index (κ2) is 10.0. The summed E-state index contributed by atoms with van der Waals surface area (Å²) in [5, 5.41) is 6.00. The molecule has 3 rings (SSSR count). The van der Waals surface area contributed by atoms with E-state index < -0.39 is 0 Å². The van der Waals surface area contributed by atoms with Crippen molar-refractivity contribution < 1.29 is 23.8 Å². The Kier molecular flexibility index (Phi) is 7.17. The highest BCUT2D eigenvalue weighted by atomic mass is 16.5. The van der Waals surface area contributed by atoms with Crippen molar-refractivity contribution >= 4 is 11.8 Å². The van der Waals surface area contributed by atoms with Gasteiger partial charge >= 0.3 is 0 Å². The number of carbonyl (C=O) groups is 2. The van der Waals surface area contributed by atoms with Crippen LogP contribution in [0, 0.1) is 5.92 Å². The summed E-state index contributed by atoms with van der Waals surface area (Å²) in [7, 11) is 4.76.